The first-order chi connectivity index (χ1) is 11.5. The van der Waals surface area contributed by atoms with E-state index in [0.717, 1.165) is 39.1 Å². The Morgan fingerprint density at radius 3 is 2.62 bits per heavy atom. The normalized spacial score (nSPS) is 23.8. The van der Waals surface area contributed by atoms with Crippen molar-refractivity contribution in [2.45, 2.75) is 26.2 Å². The van der Waals surface area contributed by atoms with Gasteiger partial charge < -0.3 is 10.2 Å². The monoisotopic (exact) mass is 329 g/mol. The zero-order valence-corrected chi connectivity index (χ0v) is 14.6. The number of piperazine rings is 1. The first-order valence-corrected chi connectivity index (χ1v) is 8.87. The highest BCUT2D eigenvalue weighted by Crippen LogP contribution is 2.47. The molecule has 1 aromatic rings. The summed E-state index contributed by atoms with van der Waals surface area (Å²) < 4.78 is 0. The predicted octanol–water partition coefficient (Wildman–Crippen LogP) is 1.38. The van der Waals surface area contributed by atoms with Crippen LogP contribution in [0.3, 0.4) is 0 Å². The van der Waals surface area contributed by atoms with Gasteiger partial charge >= 0.3 is 0 Å². The molecular formula is C19H27N3O2. The van der Waals surface area contributed by atoms with Crippen LogP contribution in [-0.2, 0) is 9.59 Å². The van der Waals surface area contributed by atoms with Crippen molar-refractivity contribution in [3.05, 3.63) is 35.4 Å². The molecule has 0 radical (unpaired) electrons. The van der Waals surface area contributed by atoms with Crippen LogP contribution in [0, 0.1) is 12.8 Å². The van der Waals surface area contributed by atoms with E-state index < -0.39 is 0 Å². The molecule has 5 heteroatoms. The minimum atomic E-state index is 0.140. The van der Waals surface area contributed by atoms with Crippen LogP contribution in [0.1, 0.15) is 30.4 Å². The summed E-state index contributed by atoms with van der Waals surface area (Å²) in [6.07, 6.45) is 0.965. The molecule has 0 bridgehead atoms. The number of nitrogens with one attached hydrogen (secondary N) is 1. The highest BCUT2D eigenvalue weighted by Gasteiger charge is 2.43. The van der Waals surface area contributed by atoms with Gasteiger partial charge in [0.15, 0.2) is 0 Å². The molecule has 2 atom stereocenters. The van der Waals surface area contributed by atoms with Crippen LogP contribution in [0.5, 0.6) is 0 Å². The molecule has 2 aliphatic rings. The molecule has 24 heavy (non-hydrogen) atoms. The molecular weight excluding hydrogens is 302 g/mol. The Morgan fingerprint density at radius 2 is 1.96 bits per heavy atom. The van der Waals surface area contributed by atoms with Crippen molar-refractivity contribution in [3.8, 4) is 0 Å². The molecule has 1 aromatic carbocycles. The van der Waals surface area contributed by atoms with Crippen molar-refractivity contribution in [1.82, 2.24) is 15.1 Å². The molecule has 2 fully saturated rings. The molecule has 1 saturated heterocycles. The Kier molecular flexibility index (Phi) is 5.19. The van der Waals surface area contributed by atoms with E-state index in [4.69, 9.17) is 0 Å². The fraction of sp³-hybridized carbons (Fsp3) is 0.579. The second-order valence-electron chi connectivity index (χ2n) is 7.00. The summed E-state index contributed by atoms with van der Waals surface area (Å²) in [5, 5.41) is 3.08. The summed E-state index contributed by atoms with van der Waals surface area (Å²) in [6.45, 7) is 8.64. The van der Waals surface area contributed by atoms with E-state index >= 15 is 0 Å². The van der Waals surface area contributed by atoms with Gasteiger partial charge in [-0.3, -0.25) is 14.5 Å². The fourth-order valence-electron chi connectivity index (χ4n) is 3.51. The Labute approximate surface area is 144 Å². The summed E-state index contributed by atoms with van der Waals surface area (Å²) in [5.74, 6) is 0.869. The van der Waals surface area contributed by atoms with Gasteiger partial charge in [-0.15, -0.1) is 0 Å². The third-order valence-electron chi connectivity index (χ3n) is 5.14. The summed E-state index contributed by atoms with van der Waals surface area (Å²) in [4.78, 5) is 27.8. The Bertz CT molecular complexity index is 608. The molecule has 1 aliphatic carbocycles. The van der Waals surface area contributed by atoms with Crippen LogP contribution in [0.25, 0.3) is 0 Å². The Hall–Kier alpha value is -1.88. The molecule has 130 valence electrons. The van der Waals surface area contributed by atoms with Crippen LogP contribution in [0.4, 0.5) is 0 Å². The number of benzene rings is 1. The molecule has 1 aliphatic heterocycles. The Balaban J connectivity index is 1.36. The topological polar surface area (TPSA) is 52.7 Å². The number of carbonyl (C=O) groups is 2. The third kappa shape index (κ3) is 4.15. The number of nitrogens with zero attached hydrogens (tertiary/aromatic N) is 2. The average molecular weight is 329 g/mol. The second kappa shape index (κ2) is 7.34. The lowest BCUT2D eigenvalue weighted by Crippen LogP contribution is -2.49. The van der Waals surface area contributed by atoms with Gasteiger partial charge in [0.1, 0.15) is 0 Å². The predicted molar refractivity (Wildman–Crippen MR) is 93.7 cm³/mol. The molecule has 0 spiro atoms. The van der Waals surface area contributed by atoms with Crippen LogP contribution in [0.2, 0.25) is 0 Å². The van der Waals surface area contributed by atoms with Gasteiger partial charge in [-0.2, -0.15) is 0 Å². The maximum atomic E-state index is 12.3. The maximum Gasteiger partial charge on any atom is 0.223 e. The number of rotatable bonds is 5. The minimum absolute atomic E-state index is 0.140. The molecule has 3 rings (SSSR count). The number of hydrogen-bond donors (Lipinski definition) is 1. The second-order valence-corrected chi connectivity index (χ2v) is 7.00. The van der Waals surface area contributed by atoms with Gasteiger partial charge in [0.25, 0.3) is 0 Å². The summed E-state index contributed by atoms with van der Waals surface area (Å²) in [5.41, 5.74) is 2.54. The molecule has 1 saturated carbocycles. The van der Waals surface area contributed by atoms with E-state index in [-0.39, 0.29) is 17.7 Å². The van der Waals surface area contributed by atoms with Crippen LogP contribution in [0.15, 0.2) is 24.3 Å². The van der Waals surface area contributed by atoms with Gasteiger partial charge in [-0.05, 0) is 24.8 Å². The average Bonchev–Trinajstić information content (AvgIpc) is 3.36. The van der Waals surface area contributed by atoms with Crippen LogP contribution < -0.4 is 5.32 Å². The third-order valence-corrected chi connectivity index (χ3v) is 5.14. The van der Waals surface area contributed by atoms with E-state index in [1.807, 2.05) is 4.90 Å². The van der Waals surface area contributed by atoms with Crippen LogP contribution in [-0.4, -0.2) is 60.9 Å². The highest BCUT2D eigenvalue weighted by atomic mass is 16.2. The first-order valence-electron chi connectivity index (χ1n) is 8.87. The maximum absolute atomic E-state index is 12.3. The van der Waals surface area contributed by atoms with E-state index in [0.29, 0.717) is 12.5 Å². The van der Waals surface area contributed by atoms with Crippen molar-refractivity contribution >= 4 is 11.8 Å². The number of amides is 2. The largest absolute Gasteiger partial charge is 0.355 e. The molecule has 0 unspecified atom stereocenters. The number of aryl methyl sites for hydroxylation is 1. The first kappa shape index (κ1) is 17.0. The zero-order chi connectivity index (χ0) is 17.1. The van der Waals surface area contributed by atoms with Gasteiger partial charge in [0, 0.05) is 52.1 Å². The molecule has 0 aromatic heterocycles. The van der Waals surface area contributed by atoms with E-state index in [1.165, 1.54) is 11.1 Å². The quantitative estimate of drug-likeness (QED) is 0.888. The SMILES string of the molecule is CC(=O)N1CCN(CCNC(=O)[C@H]2C[C@@H]2c2cccc(C)c2)CC1. The smallest absolute Gasteiger partial charge is 0.223 e. The summed E-state index contributed by atoms with van der Waals surface area (Å²) in [6, 6.07) is 8.47. The summed E-state index contributed by atoms with van der Waals surface area (Å²) in [7, 11) is 0. The lowest BCUT2D eigenvalue weighted by molar-refractivity contribution is -0.130. The summed E-state index contributed by atoms with van der Waals surface area (Å²) >= 11 is 0. The van der Waals surface area contributed by atoms with Crippen molar-refractivity contribution in [2.24, 2.45) is 5.92 Å². The van der Waals surface area contributed by atoms with E-state index in [9.17, 15) is 9.59 Å². The van der Waals surface area contributed by atoms with Crippen molar-refractivity contribution < 1.29 is 9.59 Å². The van der Waals surface area contributed by atoms with Gasteiger partial charge in [0.05, 0.1) is 0 Å². The minimum Gasteiger partial charge on any atom is -0.355 e. The number of hydrogen-bond acceptors (Lipinski definition) is 3. The van der Waals surface area contributed by atoms with Gasteiger partial charge in [-0.25, -0.2) is 0 Å². The van der Waals surface area contributed by atoms with Crippen molar-refractivity contribution in [3.63, 3.8) is 0 Å². The number of carbonyl (C=O) groups excluding carboxylic acids is 2. The van der Waals surface area contributed by atoms with Crippen molar-refractivity contribution in [1.29, 1.82) is 0 Å². The van der Waals surface area contributed by atoms with Crippen LogP contribution >= 0.6 is 0 Å². The van der Waals surface area contributed by atoms with E-state index in [2.05, 4.69) is 41.4 Å². The van der Waals surface area contributed by atoms with Gasteiger partial charge in [-0.1, -0.05) is 29.8 Å². The molecule has 1 heterocycles. The Morgan fingerprint density at radius 1 is 1.21 bits per heavy atom. The van der Waals surface area contributed by atoms with E-state index in [1.54, 1.807) is 6.92 Å². The lowest BCUT2D eigenvalue weighted by Gasteiger charge is -2.34. The molecule has 1 N–H and O–H groups in total. The lowest BCUT2D eigenvalue weighted by atomic mass is 10.1. The van der Waals surface area contributed by atoms with Crippen molar-refractivity contribution in [2.75, 3.05) is 39.3 Å². The molecule has 2 amide bonds. The van der Waals surface area contributed by atoms with Gasteiger partial charge in [0.2, 0.25) is 11.8 Å². The highest BCUT2D eigenvalue weighted by molar-refractivity contribution is 5.82. The zero-order valence-electron chi connectivity index (χ0n) is 14.6. The standard InChI is InChI=1S/C19H27N3O2/c1-14-4-3-5-16(12-14)17-13-18(17)19(24)20-6-7-21-8-10-22(11-9-21)15(2)23/h3-5,12,17-18H,6-11,13H2,1-2H3,(H,20,24)/t17-,18+/m1/s1. The fourth-order valence-corrected chi connectivity index (χ4v) is 3.51. The molecule has 5 nitrogen and oxygen atoms in total.